The molecule has 8 heteroatoms. The third-order valence-electron chi connectivity index (χ3n) is 3.76. The average Bonchev–Trinajstić information content (AvgIpc) is 3.42. The van der Waals surface area contributed by atoms with Crippen LogP contribution in [0.5, 0.6) is 0 Å². The van der Waals surface area contributed by atoms with Gasteiger partial charge >= 0.3 is 5.97 Å². The van der Waals surface area contributed by atoms with Gasteiger partial charge in [-0.3, -0.25) is 4.79 Å². The van der Waals surface area contributed by atoms with E-state index >= 15 is 0 Å². The van der Waals surface area contributed by atoms with Crippen molar-refractivity contribution < 1.29 is 23.6 Å². The molecule has 3 aromatic rings. The number of anilines is 1. The summed E-state index contributed by atoms with van der Waals surface area (Å²) < 4.78 is 15.8. The maximum atomic E-state index is 12.4. The Hall–Kier alpha value is -3.39. The van der Waals surface area contributed by atoms with E-state index in [-0.39, 0.29) is 24.7 Å². The van der Waals surface area contributed by atoms with Crippen LogP contribution in [-0.2, 0) is 25.7 Å². The van der Waals surface area contributed by atoms with E-state index in [1.807, 2.05) is 35.7 Å². The zero-order chi connectivity index (χ0) is 18.6. The number of carbonyl (C=O) groups excluding carboxylic acids is 2. The molecule has 0 bridgehead atoms. The number of rotatable bonds is 6. The van der Waals surface area contributed by atoms with Gasteiger partial charge in [0, 0.05) is 11.8 Å². The monoisotopic (exact) mass is 382 g/mol. The number of para-hydroxylation sites is 1. The van der Waals surface area contributed by atoms with Gasteiger partial charge in [-0.15, -0.1) is 11.3 Å². The van der Waals surface area contributed by atoms with Gasteiger partial charge in [-0.25, -0.2) is 4.79 Å². The summed E-state index contributed by atoms with van der Waals surface area (Å²) >= 11 is 1.52. The van der Waals surface area contributed by atoms with E-state index in [0.717, 1.165) is 4.88 Å². The highest BCUT2D eigenvalue weighted by atomic mass is 32.1. The van der Waals surface area contributed by atoms with E-state index < -0.39 is 11.8 Å². The number of ketones is 1. The maximum absolute atomic E-state index is 12.4. The van der Waals surface area contributed by atoms with Crippen molar-refractivity contribution in [3.63, 3.8) is 0 Å². The molecule has 0 atom stereocenters. The van der Waals surface area contributed by atoms with Crippen LogP contribution in [0, 0.1) is 0 Å². The number of carbonyl (C=O) groups is 2. The summed E-state index contributed by atoms with van der Waals surface area (Å²) in [4.78, 5) is 25.3. The lowest BCUT2D eigenvalue weighted by molar-refractivity contribution is -0.141. The number of ether oxygens (including phenoxy) is 2. The predicted molar refractivity (Wildman–Crippen MR) is 97.7 cm³/mol. The fraction of sp³-hybridized carbons (Fsp3) is 0.105. The Kier molecular flexibility index (Phi) is 4.71. The first-order chi connectivity index (χ1) is 13.2. The van der Waals surface area contributed by atoms with Crippen molar-refractivity contribution in [1.29, 1.82) is 0 Å². The van der Waals surface area contributed by atoms with Gasteiger partial charge in [0.1, 0.15) is 12.3 Å². The van der Waals surface area contributed by atoms with Gasteiger partial charge in [0.15, 0.2) is 17.9 Å². The molecular formula is C19H14N2O5S. The molecule has 0 amide bonds. The minimum Gasteiger partial charge on any atom is -0.470 e. The number of nitrogens with zero attached hydrogens (tertiary/aromatic N) is 1. The van der Waals surface area contributed by atoms with Crippen molar-refractivity contribution >= 4 is 28.8 Å². The first-order valence-corrected chi connectivity index (χ1v) is 8.97. The Morgan fingerprint density at radius 2 is 2.07 bits per heavy atom. The van der Waals surface area contributed by atoms with Gasteiger partial charge in [0.25, 0.3) is 0 Å². The third-order valence-corrected chi connectivity index (χ3v) is 4.65. The van der Waals surface area contributed by atoms with E-state index in [2.05, 4.69) is 10.5 Å². The molecule has 0 saturated heterocycles. The van der Waals surface area contributed by atoms with Gasteiger partial charge in [-0.05, 0) is 23.6 Å². The van der Waals surface area contributed by atoms with Crippen molar-refractivity contribution in [3.8, 4) is 10.6 Å². The van der Waals surface area contributed by atoms with Crippen LogP contribution < -0.4 is 5.32 Å². The van der Waals surface area contributed by atoms with Crippen LogP contribution in [0.1, 0.15) is 5.69 Å². The topological polar surface area (TPSA) is 90.7 Å². The average molecular weight is 382 g/mol. The minimum atomic E-state index is -0.767. The van der Waals surface area contributed by atoms with Crippen LogP contribution in [0.3, 0.4) is 0 Å². The maximum Gasteiger partial charge on any atom is 0.347 e. The molecule has 0 saturated carbocycles. The molecule has 136 valence electrons. The van der Waals surface area contributed by atoms with Crippen molar-refractivity contribution in [2.45, 2.75) is 6.61 Å². The highest BCUT2D eigenvalue weighted by molar-refractivity contribution is 7.13. The number of aromatic nitrogens is 1. The number of esters is 1. The second-order valence-electron chi connectivity index (χ2n) is 5.64. The van der Waals surface area contributed by atoms with E-state index in [1.54, 1.807) is 18.2 Å². The Morgan fingerprint density at radius 1 is 1.22 bits per heavy atom. The Balaban J connectivity index is 1.44. The molecule has 2 aromatic heterocycles. The van der Waals surface area contributed by atoms with Crippen molar-refractivity contribution in [1.82, 2.24) is 5.16 Å². The smallest absolute Gasteiger partial charge is 0.347 e. The zero-order valence-corrected chi connectivity index (χ0v) is 14.8. The number of hydrogen-bond acceptors (Lipinski definition) is 8. The van der Waals surface area contributed by atoms with Gasteiger partial charge in [0.05, 0.1) is 4.88 Å². The second kappa shape index (κ2) is 7.46. The molecule has 3 heterocycles. The molecule has 7 nitrogen and oxygen atoms in total. The minimum absolute atomic E-state index is 0.0932. The van der Waals surface area contributed by atoms with Crippen LogP contribution >= 0.6 is 11.3 Å². The molecule has 1 aliphatic heterocycles. The van der Waals surface area contributed by atoms with Crippen molar-refractivity contribution in [3.05, 3.63) is 71.1 Å². The summed E-state index contributed by atoms with van der Waals surface area (Å²) in [5.74, 6) is -0.507. The van der Waals surface area contributed by atoms with Crippen LogP contribution in [0.4, 0.5) is 5.69 Å². The highest BCUT2D eigenvalue weighted by Gasteiger charge is 2.32. The fourth-order valence-electron chi connectivity index (χ4n) is 2.49. The van der Waals surface area contributed by atoms with Gasteiger partial charge in [-0.2, -0.15) is 0 Å². The van der Waals surface area contributed by atoms with Crippen LogP contribution in [-0.4, -0.2) is 23.5 Å². The predicted octanol–water partition coefficient (Wildman–Crippen LogP) is 3.37. The molecule has 4 rings (SSSR count). The molecule has 1 aromatic carbocycles. The highest BCUT2D eigenvalue weighted by Crippen LogP contribution is 2.26. The molecule has 0 radical (unpaired) electrons. The Morgan fingerprint density at radius 3 is 2.85 bits per heavy atom. The molecular weight excluding hydrogens is 368 g/mol. The van der Waals surface area contributed by atoms with E-state index in [0.29, 0.717) is 17.1 Å². The summed E-state index contributed by atoms with van der Waals surface area (Å²) in [5, 5.41) is 8.74. The fourth-order valence-corrected chi connectivity index (χ4v) is 3.17. The number of hydrogen-bond donors (Lipinski definition) is 1. The molecule has 1 aliphatic rings. The lowest BCUT2D eigenvalue weighted by atomic mass is 10.2. The van der Waals surface area contributed by atoms with Crippen molar-refractivity contribution in [2.24, 2.45) is 0 Å². The van der Waals surface area contributed by atoms with Crippen LogP contribution in [0.25, 0.3) is 10.6 Å². The van der Waals surface area contributed by atoms with E-state index in [1.165, 1.54) is 11.3 Å². The SMILES string of the molecule is O=C1COC(Nc2ccccc2)=C1C(=O)OCc1cc(-c2cccs2)on1. The van der Waals surface area contributed by atoms with Crippen molar-refractivity contribution in [2.75, 3.05) is 11.9 Å². The standard InChI is InChI=1S/C19H14N2O5S/c22-14-11-24-18(20-12-5-2-1-3-6-12)17(14)19(23)25-10-13-9-15(26-21-13)16-7-4-8-27-16/h1-9,20H,10-11H2. The molecule has 1 N–H and O–H groups in total. The molecule has 0 fully saturated rings. The number of benzene rings is 1. The molecule has 0 aliphatic carbocycles. The summed E-state index contributed by atoms with van der Waals surface area (Å²) in [7, 11) is 0. The number of Topliss-reactive ketones (excluding diaryl/α,β-unsaturated/α-hetero) is 1. The third kappa shape index (κ3) is 3.75. The van der Waals surface area contributed by atoms with Gasteiger partial charge < -0.3 is 19.3 Å². The number of nitrogens with one attached hydrogen (secondary N) is 1. The van der Waals surface area contributed by atoms with E-state index in [9.17, 15) is 9.59 Å². The lowest BCUT2D eigenvalue weighted by Crippen LogP contribution is -2.16. The number of thiophene rings is 1. The largest absolute Gasteiger partial charge is 0.470 e. The first-order valence-electron chi connectivity index (χ1n) is 8.09. The molecule has 0 unspecified atom stereocenters. The molecule has 0 spiro atoms. The van der Waals surface area contributed by atoms with Crippen LogP contribution in [0.2, 0.25) is 0 Å². The van der Waals surface area contributed by atoms with Gasteiger partial charge in [0.2, 0.25) is 11.7 Å². The summed E-state index contributed by atoms with van der Waals surface area (Å²) in [5.41, 5.74) is 1.02. The van der Waals surface area contributed by atoms with Crippen LogP contribution in [0.15, 0.2) is 69.9 Å². The Bertz CT molecular complexity index is 992. The summed E-state index contributed by atoms with van der Waals surface area (Å²) in [6, 6.07) is 14.6. The zero-order valence-electron chi connectivity index (χ0n) is 14.0. The second-order valence-corrected chi connectivity index (χ2v) is 6.59. The van der Waals surface area contributed by atoms with E-state index in [4.69, 9.17) is 14.0 Å². The van der Waals surface area contributed by atoms with Gasteiger partial charge in [-0.1, -0.05) is 29.4 Å². The normalized spacial score (nSPS) is 13.6. The lowest BCUT2D eigenvalue weighted by Gasteiger charge is -2.08. The summed E-state index contributed by atoms with van der Waals surface area (Å²) in [6.45, 7) is -0.310. The molecule has 27 heavy (non-hydrogen) atoms. The first kappa shape index (κ1) is 17.0. The summed E-state index contributed by atoms with van der Waals surface area (Å²) in [6.07, 6.45) is 0. The quantitative estimate of drug-likeness (QED) is 0.516. The Labute approximate surface area is 158 Å².